The molecule has 1 unspecified atom stereocenters. The number of hydrogen-bond donors (Lipinski definition) is 0. The molecule has 0 saturated carbocycles. The summed E-state index contributed by atoms with van der Waals surface area (Å²) < 4.78 is 0. The van der Waals surface area contributed by atoms with E-state index in [1.165, 1.54) is 32.0 Å². The van der Waals surface area contributed by atoms with Gasteiger partial charge in [0.25, 0.3) is 0 Å². The van der Waals surface area contributed by atoms with Crippen LogP contribution in [0.15, 0.2) is 54.6 Å². The molecule has 0 radical (unpaired) electrons. The van der Waals surface area contributed by atoms with Crippen LogP contribution in [0.5, 0.6) is 0 Å². The van der Waals surface area contributed by atoms with Crippen LogP contribution in [0, 0.1) is 12.8 Å². The first-order valence-corrected chi connectivity index (χ1v) is 12.6. The van der Waals surface area contributed by atoms with Gasteiger partial charge < -0.3 is 4.79 Å². The molecule has 0 fully saturated rings. The first-order chi connectivity index (χ1) is 18.0. The van der Waals surface area contributed by atoms with Crippen LogP contribution < -0.4 is 0 Å². The summed E-state index contributed by atoms with van der Waals surface area (Å²) in [5, 5.41) is 0. The molecule has 0 saturated heterocycles. The smallest absolute Gasteiger partial charge is 0.195 e. The van der Waals surface area contributed by atoms with Crippen molar-refractivity contribution in [2.24, 2.45) is 5.92 Å². The Bertz CT molecular complexity index is 1540. The molecule has 1 aliphatic rings. The lowest BCUT2D eigenvalue weighted by atomic mass is 9.76. The second-order valence-electron chi connectivity index (χ2n) is 9.97. The molecule has 1 atom stereocenters. The van der Waals surface area contributed by atoms with Gasteiger partial charge in [0, 0.05) is 57.3 Å². The number of fused-ring (bicyclic) bond motifs is 2. The van der Waals surface area contributed by atoms with Gasteiger partial charge in [-0.1, -0.05) is 55.5 Å². The van der Waals surface area contributed by atoms with Crippen molar-refractivity contribution in [3.63, 3.8) is 0 Å². The number of aryl methyl sites for hydroxylation is 1. The first kappa shape index (κ1) is 26.7. The minimum atomic E-state index is -0.656. The predicted molar refractivity (Wildman–Crippen MR) is 142 cm³/mol. The molecular weight excluding hydrogens is 480 g/mol. The minimum absolute atomic E-state index is 0.0103. The Hall–Kier alpha value is -4.32. The van der Waals surface area contributed by atoms with E-state index in [2.05, 4.69) is 0 Å². The minimum Gasteiger partial charge on any atom is -0.300 e. The van der Waals surface area contributed by atoms with Crippen LogP contribution in [0.3, 0.4) is 0 Å². The summed E-state index contributed by atoms with van der Waals surface area (Å²) in [5.74, 6) is -2.21. The van der Waals surface area contributed by atoms with Crippen molar-refractivity contribution in [3.05, 3.63) is 105 Å². The van der Waals surface area contributed by atoms with Crippen molar-refractivity contribution in [2.45, 2.75) is 47.0 Å². The third kappa shape index (κ3) is 4.82. The molecule has 38 heavy (non-hydrogen) atoms. The summed E-state index contributed by atoms with van der Waals surface area (Å²) >= 11 is 0. The molecule has 0 amide bonds. The Morgan fingerprint density at radius 1 is 0.763 bits per heavy atom. The van der Waals surface area contributed by atoms with E-state index in [0.717, 1.165) is 0 Å². The molecule has 0 spiro atoms. The Labute approximate surface area is 221 Å². The van der Waals surface area contributed by atoms with Crippen molar-refractivity contribution in [1.82, 2.24) is 0 Å². The molecule has 1 aliphatic carbocycles. The summed E-state index contributed by atoms with van der Waals surface area (Å²) in [6, 6.07) is 14.2. The molecule has 6 heteroatoms. The quantitative estimate of drug-likeness (QED) is 0.266. The summed E-state index contributed by atoms with van der Waals surface area (Å²) in [4.78, 5) is 78.6. The van der Waals surface area contributed by atoms with Gasteiger partial charge in [0.05, 0.1) is 0 Å². The van der Waals surface area contributed by atoms with E-state index < -0.39 is 23.1 Å². The highest BCUT2D eigenvalue weighted by Gasteiger charge is 2.37. The van der Waals surface area contributed by atoms with Crippen LogP contribution in [0.2, 0.25) is 0 Å². The van der Waals surface area contributed by atoms with Gasteiger partial charge in [-0.15, -0.1) is 0 Å². The van der Waals surface area contributed by atoms with Gasteiger partial charge in [-0.05, 0) is 44.7 Å². The molecule has 0 aromatic heterocycles. The third-order valence-corrected chi connectivity index (χ3v) is 6.96. The van der Waals surface area contributed by atoms with Gasteiger partial charge >= 0.3 is 0 Å². The SMILES string of the molecule is CC(=O)CC(C)CCC(=O)c1ccccc1C(=O)c1c(C(C)=O)c(C)cc2c1C(=O)c1ccccc1C2=O. The van der Waals surface area contributed by atoms with Crippen molar-refractivity contribution in [1.29, 1.82) is 0 Å². The van der Waals surface area contributed by atoms with E-state index in [9.17, 15) is 28.8 Å². The van der Waals surface area contributed by atoms with Gasteiger partial charge in [-0.25, -0.2) is 0 Å². The Kier molecular flexibility index (Phi) is 7.44. The van der Waals surface area contributed by atoms with Crippen LogP contribution in [0.25, 0.3) is 0 Å². The molecule has 3 aromatic rings. The van der Waals surface area contributed by atoms with E-state index in [1.54, 1.807) is 43.3 Å². The number of carbonyl (C=O) groups is 6. The second kappa shape index (κ2) is 10.6. The molecule has 0 aliphatic heterocycles. The fourth-order valence-electron chi connectivity index (χ4n) is 5.24. The lowest BCUT2D eigenvalue weighted by Gasteiger charge is -2.23. The number of ketones is 6. The van der Waals surface area contributed by atoms with Crippen molar-refractivity contribution in [2.75, 3.05) is 0 Å². The lowest BCUT2D eigenvalue weighted by molar-refractivity contribution is -0.117. The molecule has 4 rings (SSSR count). The highest BCUT2D eigenvalue weighted by atomic mass is 16.2. The van der Waals surface area contributed by atoms with Gasteiger partial charge in [0.1, 0.15) is 5.78 Å². The van der Waals surface area contributed by atoms with Gasteiger partial charge in [0.2, 0.25) is 0 Å². The average Bonchev–Trinajstić information content (AvgIpc) is 2.88. The monoisotopic (exact) mass is 508 g/mol. The summed E-state index contributed by atoms with van der Waals surface area (Å²) in [6.07, 6.45) is 0.973. The Balaban J connectivity index is 1.86. The largest absolute Gasteiger partial charge is 0.300 e. The number of Topliss-reactive ketones (excluding diaryl/α,β-unsaturated/α-hetero) is 3. The maximum Gasteiger partial charge on any atom is 0.195 e. The fourth-order valence-corrected chi connectivity index (χ4v) is 5.24. The average molecular weight is 509 g/mol. The van der Waals surface area contributed by atoms with E-state index >= 15 is 0 Å². The lowest BCUT2D eigenvalue weighted by Crippen LogP contribution is -2.27. The maximum absolute atomic E-state index is 14.2. The number of hydrogen-bond acceptors (Lipinski definition) is 6. The molecule has 192 valence electrons. The van der Waals surface area contributed by atoms with Crippen LogP contribution >= 0.6 is 0 Å². The van der Waals surface area contributed by atoms with Gasteiger partial charge in [-0.2, -0.15) is 0 Å². The van der Waals surface area contributed by atoms with Crippen molar-refractivity contribution < 1.29 is 28.8 Å². The number of carbonyl (C=O) groups excluding carboxylic acids is 6. The van der Waals surface area contributed by atoms with Crippen LogP contribution in [-0.4, -0.2) is 34.7 Å². The topological polar surface area (TPSA) is 102 Å². The normalized spacial score (nSPS) is 12.9. The zero-order valence-electron chi connectivity index (χ0n) is 21.8. The highest BCUT2D eigenvalue weighted by Crippen LogP contribution is 2.35. The zero-order chi connectivity index (χ0) is 27.7. The van der Waals surface area contributed by atoms with Crippen LogP contribution in [0.1, 0.15) is 114 Å². The predicted octanol–water partition coefficient (Wildman–Crippen LogP) is 5.78. The first-order valence-electron chi connectivity index (χ1n) is 12.6. The summed E-state index contributed by atoms with van der Waals surface area (Å²) in [6.45, 7) is 6.33. The van der Waals surface area contributed by atoms with Gasteiger partial charge in [0.15, 0.2) is 28.9 Å². The fraction of sp³-hybridized carbons (Fsp3) is 0.250. The molecule has 0 heterocycles. The zero-order valence-corrected chi connectivity index (χ0v) is 21.8. The molecule has 0 N–H and O–H groups in total. The standard InChI is InChI=1S/C32H28O6/c1-17(15-19(3)33)13-14-26(35)21-9-5-6-10-22(21)32(38)29-27(20(4)34)18(2)16-25-28(29)31(37)24-12-8-7-11-23(24)30(25)36/h5-12,16-17H,13-15H2,1-4H3. The molecular formula is C32H28O6. The summed E-state index contributed by atoms with van der Waals surface area (Å²) in [7, 11) is 0. The highest BCUT2D eigenvalue weighted by molar-refractivity contribution is 6.34. The molecule has 6 nitrogen and oxygen atoms in total. The van der Waals surface area contributed by atoms with Crippen LogP contribution in [0.4, 0.5) is 0 Å². The second-order valence-corrected chi connectivity index (χ2v) is 9.97. The Morgan fingerprint density at radius 2 is 1.34 bits per heavy atom. The van der Waals surface area contributed by atoms with Crippen LogP contribution in [-0.2, 0) is 4.79 Å². The maximum atomic E-state index is 14.2. The molecule has 0 bridgehead atoms. The molecule has 3 aromatic carbocycles. The van der Waals surface area contributed by atoms with Crippen molar-refractivity contribution in [3.8, 4) is 0 Å². The number of rotatable bonds is 9. The van der Waals surface area contributed by atoms with E-state index in [4.69, 9.17) is 0 Å². The third-order valence-electron chi connectivity index (χ3n) is 6.96. The van der Waals surface area contributed by atoms with E-state index in [0.29, 0.717) is 18.4 Å². The Morgan fingerprint density at radius 3 is 1.95 bits per heavy atom. The number of benzene rings is 3. The van der Waals surface area contributed by atoms with E-state index in [1.807, 2.05) is 6.92 Å². The summed E-state index contributed by atoms with van der Waals surface area (Å²) in [5.41, 5.74) is 0.931. The van der Waals surface area contributed by atoms with E-state index in [-0.39, 0.29) is 68.4 Å². The van der Waals surface area contributed by atoms with Gasteiger partial charge in [-0.3, -0.25) is 24.0 Å². The van der Waals surface area contributed by atoms with Crippen molar-refractivity contribution >= 4 is 34.7 Å².